The van der Waals surface area contributed by atoms with E-state index in [4.69, 9.17) is 15.2 Å². The third-order valence-corrected chi connectivity index (χ3v) is 4.57. The molecule has 0 bridgehead atoms. The van der Waals surface area contributed by atoms with Crippen molar-refractivity contribution in [3.8, 4) is 0 Å². The third kappa shape index (κ3) is 2.82. The van der Waals surface area contributed by atoms with Gasteiger partial charge in [-0.15, -0.1) is 0 Å². The minimum absolute atomic E-state index is 0.240. The van der Waals surface area contributed by atoms with E-state index < -0.39 is 0 Å². The Kier molecular flexibility index (Phi) is 3.99. The Hall–Kier alpha value is -1.40. The molecule has 0 amide bonds. The number of aryl methyl sites for hydroxylation is 1. The molecule has 1 saturated heterocycles. The van der Waals surface area contributed by atoms with E-state index in [1.807, 2.05) is 0 Å². The van der Waals surface area contributed by atoms with Gasteiger partial charge in [-0.3, -0.25) is 0 Å². The second-order valence-electron chi connectivity index (χ2n) is 6.08. The van der Waals surface area contributed by atoms with Crippen molar-refractivity contribution in [1.29, 1.82) is 0 Å². The van der Waals surface area contributed by atoms with Gasteiger partial charge in [0.1, 0.15) is 11.4 Å². The number of likely N-dealkylation sites (N-methyl/N-ethyl adjacent to an activating group) is 1. The Morgan fingerprint density at radius 2 is 2.14 bits per heavy atom. The summed E-state index contributed by atoms with van der Waals surface area (Å²) in [7, 11) is 3.81. The molecule has 116 valence electrons. The molecule has 0 radical (unpaired) electrons. The van der Waals surface area contributed by atoms with Crippen LogP contribution in [0.1, 0.15) is 30.5 Å². The molecule has 2 aliphatic rings. The normalized spacial score (nSPS) is 24.9. The van der Waals surface area contributed by atoms with Gasteiger partial charge in [0.05, 0.1) is 18.8 Å². The van der Waals surface area contributed by atoms with E-state index in [0.717, 1.165) is 43.9 Å². The first-order valence-electron chi connectivity index (χ1n) is 7.63. The highest BCUT2D eigenvalue weighted by molar-refractivity contribution is 5.52. The van der Waals surface area contributed by atoms with Crippen molar-refractivity contribution in [3.05, 3.63) is 11.3 Å². The number of rotatable bonds is 4. The van der Waals surface area contributed by atoms with E-state index >= 15 is 0 Å². The number of hydrogen-bond acceptors (Lipinski definition) is 6. The van der Waals surface area contributed by atoms with E-state index in [1.54, 1.807) is 7.11 Å². The average molecular weight is 292 g/mol. The number of methoxy groups -OCH3 is 1. The summed E-state index contributed by atoms with van der Waals surface area (Å²) in [5.41, 5.74) is 8.02. The predicted molar refractivity (Wildman–Crippen MR) is 81.5 cm³/mol. The molecule has 2 N–H and O–H groups in total. The van der Waals surface area contributed by atoms with Gasteiger partial charge in [0.2, 0.25) is 5.95 Å². The lowest BCUT2D eigenvalue weighted by Crippen LogP contribution is -2.44. The van der Waals surface area contributed by atoms with E-state index in [1.165, 1.54) is 18.4 Å². The molecule has 1 aromatic rings. The maximum absolute atomic E-state index is 5.89. The maximum Gasteiger partial charge on any atom is 0.222 e. The van der Waals surface area contributed by atoms with Gasteiger partial charge in [0.15, 0.2) is 0 Å². The highest BCUT2D eigenvalue weighted by atomic mass is 16.5. The monoisotopic (exact) mass is 292 g/mol. The van der Waals surface area contributed by atoms with Crippen molar-refractivity contribution in [2.45, 2.75) is 37.7 Å². The molecule has 0 saturated carbocycles. The summed E-state index contributed by atoms with van der Waals surface area (Å²) in [5.74, 6) is 1.33. The van der Waals surface area contributed by atoms with Gasteiger partial charge in [-0.05, 0) is 25.7 Å². The summed E-state index contributed by atoms with van der Waals surface area (Å²) in [6, 6.07) is 0. The highest BCUT2D eigenvalue weighted by Crippen LogP contribution is 2.31. The Balaban J connectivity index is 1.87. The second kappa shape index (κ2) is 5.77. The van der Waals surface area contributed by atoms with Crippen LogP contribution in [-0.4, -0.2) is 49.5 Å². The van der Waals surface area contributed by atoms with Gasteiger partial charge < -0.3 is 20.1 Å². The molecule has 0 spiro atoms. The number of aromatic nitrogens is 2. The number of fused-ring (bicyclic) bond motifs is 1. The van der Waals surface area contributed by atoms with Crippen LogP contribution in [0.15, 0.2) is 0 Å². The minimum Gasteiger partial charge on any atom is -0.378 e. The molecule has 3 rings (SSSR count). The lowest BCUT2D eigenvalue weighted by molar-refractivity contribution is -0.0102. The lowest BCUT2D eigenvalue weighted by atomic mass is 9.95. The van der Waals surface area contributed by atoms with Crippen LogP contribution in [-0.2, 0) is 22.3 Å². The molecule has 0 aromatic carbocycles. The van der Waals surface area contributed by atoms with Crippen molar-refractivity contribution in [2.75, 3.05) is 44.5 Å². The Bertz CT molecular complexity index is 515. The van der Waals surface area contributed by atoms with Crippen LogP contribution < -0.4 is 10.6 Å². The Morgan fingerprint density at radius 3 is 2.86 bits per heavy atom. The van der Waals surface area contributed by atoms with Gasteiger partial charge in [-0.25, -0.2) is 4.98 Å². The zero-order chi connectivity index (χ0) is 14.9. The maximum atomic E-state index is 5.89. The van der Waals surface area contributed by atoms with Gasteiger partial charge in [0.25, 0.3) is 0 Å². The van der Waals surface area contributed by atoms with Gasteiger partial charge in [0, 0.05) is 32.7 Å². The summed E-state index contributed by atoms with van der Waals surface area (Å²) in [6.07, 6.45) is 5.33. The van der Waals surface area contributed by atoms with Crippen molar-refractivity contribution in [2.24, 2.45) is 0 Å². The fraction of sp³-hybridized carbons (Fsp3) is 0.733. The Morgan fingerprint density at radius 1 is 1.33 bits per heavy atom. The molecule has 1 aliphatic carbocycles. The zero-order valence-electron chi connectivity index (χ0n) is 12.9. The van der Waals surface area contributed by atoms with Crippen LogP contribution in [0.2, 0.25) is 0 Å². The average Bonchev–Trinajstić information content (AvgIpc) is 2.95. The Labute approximate surface area is 125 Å². The van der Waals surface area contributed by atoms with Crippen LogP contribution in [0.4, 0.5) is 11.8 Å². The second-order valence-corrected chi connectivity index (χ2v) is 6.08. The molecule has 1 atom stereocenters. The molecular formula is C15H24N4O2. The fourth-order valence-electron chi connectivity index (χ4n) is 3.35. The van der Waals surface area contributed by atoms with E-state index in [2.05, 4.69) is 21.9 Å². The van der Waals surface area contributed by atoms with Crippen LogP contribution in [0.3, 0.4) is 0 Å². The summed E-state index contributed by atoms with van der Waals surface area (Å²) in [4.78, 5) is 11.1. The van der Waals surface area contributed by atoms with Crippen LogP contribution in [0, 0.1) is 0 Å². The standard InChI is InChI=1S/C15H24N4O2/c1-19(9-15(20-2)7-8-21-10-15)13-11-5-3-4-6-12(11)17-14(16)18-13/h3-10H2,1-2H3,(H2,16,17,18). The number of nitrogens with zero attached hydrogens (tertiary/aromatic N) is 3. The van der Waals surface area contributed by atoms with E-state index in [9.17, 15) is 0 Å². The SMILES string of the molecule is COC1(CN(C)c2nc(N)nc3c2CCCC3)CCOC1. The van der Waals surface area contributed by atoms with Gasteiger partial charge in [-0.1, -0.05) is 0 Å². The highest BCUT2D eigenvalue weighted by Gasteiger charge is 2.37. The van der Waals surface area contributed by atoms with Crippen molar-refractivity contribution in [3.63, 3.8) is 0 Å². The number of nitrogen functional groups attached to an aromatic ring is 1. The summed E-state index contributed by atoms with van der Waals surface area (Å²) in [6.45, 7) is 2.15. The lowest BCUT2D eigenvalue weighted by Gasteiger charge is -2.33. The van der Waals surface area contributed by atoms with Crippen molar-refractivity contribution in [1.82, 2.24) is 9.97 Å². The first-order chi connectivity index (χ1) is 10.1. The number of anilines is 2. The fourth-order valence-corrected chi connectivity index (χ4v) is 3.35. The third-order valence-electron chi connectivity index (χ3n) is 4.57. The van der Waals surface area contributed by atoms with Crippen molar-refractivity contribution < 1.29 is 9.47 Å². The van der Waals surface area contributed by atoms with Crippen LogP contribution >= 0.6 is 0 Å². The summed E-state index contributed by atoms with van der Waals surface area (Å²) < 4.78 is 11.2. The minimum atomic E-state index is -0.240. The predicted octanol–water partition coefficient (Wildman–Crippen LogP) is 1.18. The number of nitrogens with two attached hydrogens (primary N) is 1. The van der Waals surface area contributed by atoms with Gasteiger partial charge >= 0.3 is 0 Å². The molecule has 6 nitrogen and oxygen atoms in total. The first kappa shape index (κ1) is 14.5. The smallest absolute Gasteiger partial charge is 0.222 e. The molecule has 1 aromatic heterocycles. The number of ether oxygens (including phenoxy) is 2. The van der Waals surface area contributed by atoms with Crippen molar-refractivity contribution >= 4 is 11.8 Å². The molecular weight excluding hydrogens is 268 g/mol. The first-order valence-corrected chi connectivity index (χ1v) is 7.63. The zero-order valence-corrected chi connectivity index (χ0v) is 12.9. The molecule has 21 heavy (non-hydrogen) atoms. The molecule has 1 aliphatic heterocycles. The van der Waals surface area contributed by atoms with Gasteiger partial charge in [-0.2, -0.15) is 4.98 Å². The molecule has 1 fully saturated rings. The summed E-state index contributed by atoms with van der Waals surface area (Å²) >= 11 is 0. The molecule has 1 unspecified atom stereocenters. The molecule has 6 heteroatoms. The quantitative estimate of drug-likeness (QED) is 0.898. The number of hydrogen-bond donors (Lipinski definition) is 1. The van der Waals surface area contributed by atoms with Crippen LogP contribution in [0.5, 0.6) is 0 Å². The van der Waals surface area contributed by atoms with Crippen LogP contribution in [0.25, 0.3) is 0 Å². The van der Waals surface area contributed by atoms with E-state index in [-0.39, 0.29) is 5.60 Å². The summed E-state index contributed by atoms with van der Waals surface area (Å²) in [5, 5.41) is 0. The van der Waals surface area contributed by atoms with E-state index in [0.29, 0.717) is 12.6 Å². The largest absolute Gasteiger partial charge is 0.378 e. The topological polar surface area (TPSA) is 73.5 Å². The molecule has 2 heterocycles.